The molecule has 4 heteroatoms. The zero-order valence-electron chi connectivity index (χ0n) is 9.85. The summed E-state index contributed by atoms with van der Waals surface area (Å²) in [6.07, 6.45) is 4.85. The number of hydrogen-bond donors (Lipinski definition) is 1. The molecule has 1 saturated heterocycles. The van der Waals surface area contributed by atoms with E-state index in [0.717, 1.165) is 44.6 Å². The molecule has 0 bridgehead atoms. The van der Waals surface area contributed by atoms with Crippen molar-refractivity contribution >= 4 is 0 Å². The minimum atomic E-state index is 0.167. The number of likely N-dealkylation sites (tertiary alicyclic amines) is 1. The summed E-state index contributed by atoms with van der Waals surface area (Å²) in [5, 5.41) is 13.4. The van der Waals surface area contributed by atoms with E-state index in [1.807, 2.05) is 6.07 Å². The fraction of sp³-hybridized carbons (Fsp3) is 0.750. The molecule has 1 aromatic rings. The highest BCUT2D eigenvalue weighted by Crippen LogP contribution is 2.34. The van der Waals surface area contributed by atoms with Crippen LogP contribution in [0.15, 0.2) is 16.9 Å². The van der Waals surface area contributed by atoms with Gasteiger partial charge in [0, 0.05) is 19.2 Å². The van der Waals surface area contributed by atoms with Crippen molar-refractivity contribution in [2.24, 2.45) is 5.41 Å². The lowest BCUT2D eigenvalue weighted by Gasteiger charge is -2.39. The highest BCUT2D eigenvalue weighted by molar-refractivity contribution is 4.96. The van der Waals surface area contributed by atoms with Gasteiger partial charge in [-0.05, 0) is 37.8 Å². The second kappa shape index (κ2) is 4.97. The SMILES string of the molecule is CCC1(CO)CCN(Cc2ccon2)CC1. The molecule has 1 aliphatic rings. The van der Waals surface area contributed by atoms with Gasteiger partial charge in [0.1, 0.15) is 6.26 Å². The van der Waals surface area contributed by atoms with E-state index >= 15 is 0 Å². The molecule has 0 aliphatic carbocycles. The van der Waals surface area contributed by atoms with Gasteiger partial charge in [0.25, 0.3) is 0 Å². The molecule has 16 heavy (non-hydrogen) atoms. The van der Waals surface area contributed by atoms with Crippen LogP contribution in [0.3, 0.4) is 0 Å². The molecule has 0 aromatic carbocycles. The Morgan fingerprint density at radius 3 is 2.75 bits per heavy atom. The summed E-state index contributed by atoms with van der Waals surface area (Å²) < 4.78 is 4.82. The van der Waals surface area contributed by atoms with Crippen LogP contribution in [-0.2, 0) is 6.54 Å². The molecular weight excluding hydrogens is 204 g/mol. The lowest BCUT2D eigenvalue weighted by molar-refractivity contribution is 0.0375. The van der Waals surface area contributed by atoms with Crippen molar-refractivity contribution in [3.05, 3.63) is 18.0 Å². The maximum absolute atomic E-state index is 9.44. The monoisotopic (exact) mass is 224 g/mol. The molecule has 2 heterocycles. The van der Waals surface area contributed by atoms with Crippen LogP contribution in [-0.4, -0.2) is 34.9 Å². The van der Waals surface area contributed by atoms with E-state index < -0.39 is 0 Å². The van der Waals surface area contributed by atoms with Gasteiger partial charge in [-0.15, -0.1) is 0 Å². The van der Waals surface area contributed by atoms with Gasteiger partial charge in [0.2, 0.25) is 0 Å². The maximum Gasteiger partial charge on any atom is 0.124 e. The Kier molecular flexibility index (Phi) is 3.61. The van der Waals surface area contributed by atoms with Crippen LogP contribution in [0, 0.1) is 5.41 Å². The third kappa shape index (κ3) is 2.44. The lowest BCUT2D eigenvalue weighted by Crippen LogP contribution is -2.41. The second-order valence-corrected chi connectivity index (χ2v) is 4.78. The second-order valence-electron chi connectivity index (χ2n) is 4.78. The average Bonchev–Trinajstić information content (AvgIpc) is 2.83. The number of nitrogens with zero attached hydrogens (tertiary/aromatic N) is 2. The summed E-state index contributed by atoms with van der Waals surface area (Å²) in [5.41, 5.74) is 1.16. The Bertz CT molecular complexity index is 297. The highest BCUT2D eigenvalue weighted by atomic mass is 16.5. The average molecular weight is 224 g/mol. The summed E-state index contributed by atoms with van der Waals surface area (Å²) in [5.74, 6) is 0. The Labute approximate surface area is 96.2 Å². The first-order valence-electron chi connectivity index (χ1n) is 6.00. The Balaban J connectivity index is 1.85. The van der Waals surface area contributed by atoms with Crippen LogP contribution in [0.5, 0.6) is 0 Å². The number of aliphatic hydroxyl groups is 1. The van der Waals surface area contributed by atoms with Gasteiger partial charge >= 0.3 is 0 Å². The Morgan fingerprint density at radius 2 is 2.25 bits per heavy atom. The molecule has 1 fully saturated rings. The number of piperidine rings is 1. The minimum Gasteiger partial charge on any atom is -0.396 e. The van der Waals surface area contributed by atoms with Crippen molar-refractivity contribution in [3.8, 4) is 0 Å². The predicted octanol–water partition coefficient (Wildman–Crippen LogP) is 1.66. The van der Waals surface area contributed by atoms with Gasteiger partial charge in [-0.3, -0.25) is 4.90 Å². The molecule has 2 rings (SSSR count). The molecule has 0 amide bonds. The molecule has 1 N–H and O–H groups in total. The normalized spacial score (nSPS) is 21.1. The molecular formula is C12H20N2O2. The first kappa shape index (κ1) is 11.6. The third-order valence-corrected chi connectivity index (χ3v) is 3.88. The van der Waals surface area contributed by atoms with E-state index in [1.165, 1.54) is 0 Å². The van der Waals surface area contributed by atoms with Crippen molar-refractivity contribution in [2.45, 2.75) is 32.7 Å². The maximum atomic E-state index is 9.44. The summed E-state index contributed by atoms with van der Waals surface area (Å²) in [6.45, 7) is 5.44. The number of rotatable bonds is 4. The first-order chi connectivity index (χ1) is 7.78. The van der Waals surface area contributed by atoms with Crippen LogP contribution >= 0.6 is 0 Å². The van der Waals surface area contributed by atoms with Crippen LogP contribution in [0.1, 0.15) is 31.9 Å². The van der Waals surface area contributed by atoms with E-state index in [0.29, 0.717) is 6.61 Å². The molecule has 0 saturated carbocycles. The topological polar surface area (TPSA) is 49.5 Å². The van der Waals surface area contributed by atoms with E-state index in [9.17, 15) is 5.11 Å². The molecule has 1 aromatic heterocycles. The molecule has 90 valence electrons. The summed E-state index contributed by atoms with van der Waals surface area (Å²) in [7, 11) is 0. The quantitative estimate of drug-likeness (QED) is 0.845. The van der Waals surface area contributed by atoms with Crippen LogP contribution < -0.4 is 0 Å². The first-order valence-corrected chi connectivity index (χ1v) is 6.00. The summed E-state index contributed by atoms with van der Waals surface area (Å²) in [4.78, 5) is 2.38. The standard InChI is InChI=1S/C12H20N2O2/c1-2-12(10-15)4-6-14(7-5-12)9-11-3-8-16-13-11/h3,8,15H,2,4-7,9-10H2,1H3. The Hall–Kier alpha value is -0.870. The van der Waals surface area contributed by atoms with E-state index in [-0.39, 0.29) is 5.41 Å². The lowest BCUT2D eigenvalue weighted by atomic mass is 9.77. The number of hydrogen-bond acceptors (Lipinski definition) is 4. The van der Waals surface area contributed by atoms with Gasteiger partial charge in [0.05, 0.1) is 5.69 Å². The summed E-state index contributed by atoms with van der Waals surface area (Å²) >= 11 is 0. The largest absolute Gasteiger partial charge is 0.396 e. The fourth-order valence-corrected chi connectivity index (χ4v) is 2.36. The van der Waals surface area contributed by atoms with Gasteiger partial charge < -0.3 is 9.63 Å². The van der Waals surface area contributed by atoms with Gasteiger partial charge in [-0.1, -0.05) is 12.1 Å². The van der Waals surface area contributed by atoms with Gasteiger partial charge in [-0.2, -0.15) is 0 Å². The van der Waals surface area contributed by atoms with E-state index in [1.54, 1.807) is 6.26 Å². The number of aliphatic hydroxyl groups excluding tert-OH is 1. The number of aromatic nitrogens is 1. The molecule has 4 nitrogen and oxygen atoms in total. The van der Waals surface area contributed by atoms with E-state index in [2.05, 4.69) is 17.0 Å². The van der Waals surface area contributed by atoms with Gasteiger partial charge in [0.15, 0.2) is 0 Å². The van der Waals surface area contributed by atoms with Crippen LogP contribution in [0.4, 0.5) is 0 Å². The van der Waals surface area contributed by atoms with Crippen molar-refractivity contribution in [1.82, 2.24) is 10.1 Å². The highest BCUT2D eigenvalue weighted by Gasteiger charge is 2.32. The van der Waals surface area contributed by atoms with Crippen molar-refractivity contribution in [3.63, 3.8) is 0 Å². The zero-order chi connectivity index (χ0) is 11.4. The molecule has 0 unspecified atom stereocenters. The Morgan fingerprint density at radius 1 is 1.50 bits per heavy atom. The minimum absolute atomic E-state index is 0.167. The smallest absolute Gasteiger partial charge is 0.124 e. The van der Waals surface area contributed by atoms with Crippen LogP contribution in [0.25, 0.3) is 0 Å². The summed E-state index contributed by atoms with van der Waals surface area (Å²) in [6, 6.07) is 1.91. The molecule has 0 spiro atoms. The fourth-order valence-electron chi connectivity index (χ4n) is 2.36. The van der Waals surface area contributed by atoms with Crippen LogP contribution in [0.2, 0.25) is 0 Å². The van der Waals surface area contributed by atoms with Crippen molar-refractivity contribution in [2.75, 3.05) is 19.7 Å². The predicted molar refractivity (Wildman–Crippen MR) is 60.8 cm³/mol. The van der Waals surface area contributed by atoms with E-state index in [4.69, 9.17) is 4.52 Å². The molecule has 1 aliphatic heterocycles. The van der Waals surface area contributed by atoms with Gasteiger partial charge in [-0.25, -0.2) is 0 Å². The molecule has 0 radical (unpaired) electrons. The molecule has 0 atom stereocenters. The van der Waals surface area contributed by atoms with Crippen molar-refractivity contribution in [1.29, 1.82) is 0 Å². The third-order valence-electron chi connectivity index (χ3n) is 3.88. The zero-order valence-corrected chi connectivity index (χ0v) is 9.85. The van der Waals surface area contributed by atoms with Crippen molar-refractivity contribution < 1.29 is 9.63 Å².